The number of nitrogen functional groups attached to an aromatic ring is 1. The number of nitrogens with two attached hydrogens (primary N) is 2. The molecule has 0 amide bonds. The number of carbonyl (C=O) groups excluding carboxylic acids is 1. The van der Waals surface area contributed by atoms with Crippen LogP contribution in [0.2, 0.25) is 0 Å². The Kier molecular flexibility index (Phi) is 9.18. The molecule has 13 nitrogen and oxygen atoms in total. The van der Waals surface area contributed by atoms with Crippen LogP contribution in [0.1, 0.15) is 39.2 Å². The van der Waals surface area contributed by atoms with Gasteiger partial charge in [-0.05, 0) is 31.9 Å². The molecule has 3 aromatic rings. The Hall–Kier alpha value is -3.51. The number of unbranched alkanes of at least 4 members (excludes halogenated alkanes) is 1. The van der Waals surface area contributed by atoms with Crippen molar-refractivity contribution in [3.05, 3.63) is 48.8 Å². The molecule has 210 valence electrons. The predicted octanol–water partition coefficient (Wildman–Crippen LogP) is 3.79. The number of allylic oxidation sites excluding steroid dienone is 1. The Labute approximate surface area is 226 Å². The fourth-order valence-electron chi connectivity index (χ4n) is 4.23. The van der Waals surface area contributed by atoms with Crippen LogP contribution >= 0.6 is 7.75 Å². The number of hydroxylamine groups is 1. The number of fused-ring (bicyclic) bond motifs is 1. The van der Waals surface area contributed by atoms with Crippen LogP contribution in [-0.2, 0) is 23.2 Å². The molecular formula is C25H34N7O6P. The number of rotatable bonds is 13. The second-order valence-corrected chi connectivity index (χ2v) is 10.6. The molecule has 0 radical (unpaired) electrons. The lowest BCUT2D eigenvalue weighted by Gasteiger charge is -2.27. The third-order valence-electron chi connectivity index (χ3n) is 6.24. The Bertz CT molecular complexity index is 1350. The molecule has 1 aliphatic carbocycles. The van der Waals surface area contributed by atoms with E-state index in [9.17, 15) is 9.36 Å². The third-order valence-corrected chi connectivity index (χ3v) is 7.18. The zero-order chi connectivity index (χ0) is 28.0. The highest BCUT2D eigenvalue weighted by atomic mass is 31.2. The average molecular weight is 560 g/mol. The minimum Gasteiger partial charge on any atom is -0.476 e. The van der Waals surface area contributed by atoms with Crippen molar-refractivity contribution in [1.29, 1.82) is 0 Å². The quantitative estimate of drug-likeness (QED) is 0.135. The fourth-order valence-corrected chi connectivity index (χ4v) is 5.09. The van der Waals surface area contributed by atoms with Crippen molar-refractivity contribution in [2.24, 2.45) is 11.4 Å². The molecular weight excluding hydrogens is 525 g/mol. The molecule has 1 aromatic carbocycles. The van der Waals surface area contributed by atoms with E-state index in [1.807, 2.05) is 22.8 Å². The number of hydrogen-bond acceptors (Lipinski definition) is 11. The van der Waals surface area contributed by atoms with Gasteiger partial charge in [-0.3, -0.25) is 9.36 Å². The van der Waals surface area contributed by atoms with Crippen LogP contribution in [0.4, 0.5) is 11.6 Å². The van der Waals surface area contributed by atoms with E-state index in [1.165, 1.54) is 12.2 Å². The van der Waals surface area contributed by atoms with Gasteiger partial charge in [-0.15, -0.1) is 0 Å². The summed E-state index contributed by atoms with van der Waals surface area (Å²) in [6.07, 6.45) is 8.02. The Morgan fingerprint density at radius 3 is 2.74 bits per heavy atom. The Balaban J connectivity index is 1.34. The standard InChI is InChI=1S/C25H34N7O6P/c1-4-5-13-36-23-21-22(29-25(26)30-23)31(16-28-21)20-12-11-18(14-20)15-37-39(27,34)38-24(33)17(2)32(35-3)19-9-7-6-8-10-19/h6-12,16-18,20H,4-5,13-15H2,1-3H3,(H2,27,34)(H2,26,29,30)/t17-,18+,20-,39?/m0/s1. The van der Waals surface area contributed by atoms with Crippen molar-refractivity contribution in [2.45, 2.75) is 45.2 Å². The van der Waals surface area contributed by atoms with Crippen LogP contribution in [0.3, 0.4) is 0 Å². The van der Waals surface area contributed by atoms with Crippen LogP contribution in [0, 0.1) is 5.92 Å². The van der Waals surface area contributed by atoms with Gasteiger partial charge in [-0.1, -0.05) is 43.7 Å². The molecule has 2 aromatic heterocycles. The number of carbonyl (C=O) groups is 1. The van der Waals surface area contributed by atoms with Gasteiger partial charge in [-0.25, -0.2) is 24.9 Å². The summed E-state index contributed by atoms with van der Waals surface area (Å²) in [7, 11) is -2.76. The van der Waals surface area contributed by atoms with Gasteiger partial charge in [0.1, 0.15) is 0 Å². The van der Waals surface area contributed by atoms with Gasteiger partial charge in [0.2, 0.25) is 11.8 Å². The topological polar surface area (TPSA) is 170 Å². The maximum atomic E-state index is 12.8. The van der Waals surface area contributed by atoms with E-state index in [1.54, 1.807) is 37.5 Å². The van der Waals surface area contributed by atoms with E-state index in [0.29, 0.717) is 35.8 Å². The molecule has 0 saturated carbocycles. The first-order chi connectivity index (χ1) is 18.7. The van der Waals surface area contributed by atoms with E-state index < -0.39 is 19.8 Å². The molecule has 0 fully saturated rings. The number of benzene rings is 1. The minimum atomic E-state index is -4.18. The van der Waals surface area contributed by atoms with Crippen LogP contribution in [0.5, 0.6) is 5.88 Å². The normalized spacial score (nSPS) is 19.1. The van der Waals surface area contributed by atoms with Gasteiger partial charge < -0.3 is 19.6 Å². The summed E-state index contributed by atoms with van der Waals surface area (Å²) in [6, 6.07) is 7.93. The number of imidazole rings is 1. The van der Waals surface area contributed by atoms with Crippen molar-refractivity contribution in [3.8, 4) is 5.88 Å². The molecule has 39 heavy (non-hydrogen) atoms. The number of ether oxygens (including phenoxy) is 1. The summed E-state index contributed by atoms with van der Waals surface area (Å²) in [4.78, 5) is 31.0. The predicted molar refractivity (Wildman–Crippen MR) is 146 cm³/mol. The van der Waals surface area contributed by atoms with E-state index in [4.69, 9.17) is 29.9 Å². The molecule has 4 atom stereocenters. The van der Waals surface area contributed by atoms with Crippen molar-refractivity contribution in [1.82, 2.24) is 19.5 Å². The highest BCUT2D eigenvalue weighted by Crippen LogP contribution is 2.42. The molecule has 2 heterocycles. The monoisotopic (exact) mass is 559 g/mol. The van der Waals surface area contributed by atoms with Crippen LogP contribution < -0.4 is 21.0 Å². The first kappa shape index (κ1) is 28.5. The minimum absolute atomic E-state index is 0.00967. The maximum absolute atomic E-state index is 12.8. The van der Waals surface area contributed by atoms with E-state index in [2.05, 4.69) is 21.9 Å². The summed E-state index contributed by atoms with van der Waals surface area (Å²) in [5, 5.41) is 1.33. The number of anilines is 2. The molecule has 4 rings (SSSR count). The number of para-hydroxylation sites is 1. The molecule has 1 aliphatic rings. The molecule has 0 bridgehead atoms. The SMILES string of the molecule is CCCCOc1nc(N)nc2c1ncn2[C@H]1C=C[C@@H](COP(N)(=O)OC(=O)[C@H](C)N(OC)c2ccccc2)C1. The van der Waals surface area contributed by atoms with Gasteiger partial charge in [0.15, 0.2) is 17.2 Å². The van der Waals surface area contributed by atoms with Gasteiger partial charge in [-0.2, -0.15) is 9.97 Å². The lowest BCUT2D eigenvalue weighted by Crippen LogP contribution is -2.39. The van der Waals surface area contributed by atoms with Gasteiger partial charge in [0, 0.05) is 5.92 Å². The van der Waals surface area contributed by atoms with Crippen molar-refractivity contribution < 1.29 is 28.0 Å². The van der Waals surface area contributed by atoms with Crippen molar-refractivity contribution >= 4 is 36.5 Å². The smallest absolute Gasteiger partial charge is 0.458 e. The number of aromatic nitrogens is 4. The Morgan fingerprint density at radius 1 is 1.26 bits per heavy atom. The summed E-state index contributed by atoms with van der Waals surface area (Å²) < 4.78 is 30.9. The molecule has 0 saturated heterocycles. The summed E-state index contributed by atoms with van der Waals surface area (Å²) in [5.41, 5.74) is 13.4. The van der Waals surface area contributed by atoms with Gasteiger partial charge in [0.25, 0.3) is 0 Å². The molecule has 0 aliphatic heterocycles. The van der Waals surface area contributed by atoms with Gasteiger partial charge in [0.05, 0.1) is 38.4 Å². The lowest BCUT2D eigenvalue weighted by atomic mass is 10.1. The highest BCUT2D eigenvalue weighted by molar-refractivity contribution is 7.51. The van der Waals surface area contributed by atoms with Crippen LogP contribution in [-0.4, -0.2) is 51.9 Å². The van der Waals surface area contributed by atoms with E-state index in [0.717, 1.165) is 12.8 Å². The first-order valence-corrected chi connectivity index (χ1v) is 14.3. The Morgan fingerprint density at radius 2 is 2.03 bits per heavy atom. The molecule has 0 spiro atoms. The molecule has 4 N–H and O–H groups in total. The second kappa shape index (κ2) is 12.6. The third kappa shape index (κ3) is 6.93. The average Bonchev–Trinajstić information content (AvgIpc) is 3.55. The van der Waals surface area contributed by atoms with E-state index >= 15 is 0 Å². The largest absolute Gasteiger partial charge is 0.476 e. The number of nitrogens with zero attached hydrogens (tertiary/aromatic N) is 5. The second-order valence-electron chi connectivity index (χ2n) is 9.13. The molecule has 14 heteroatoms. The van der Waals surface area contributed by atoms with Gasteiger partial charge >= 0.3 is 13.7 Å². The van der Waals surface area contributed by atoms with Crippen LogP contribution in [0.15, 0.2) is 48.8 Å². The fraction of sp³-hybridized carbons (Fsp3) is 0.440. The summed E-state index contributed by atoms with van der Waals surface area (Å²) >= 11 is 0. The maximum Gasteiger partial charge on any atom is 0.458 e. The first-order valence-electron chi connectivity index (χ1n) is 12.7. The van der Waals surface area contributed by atoms with E-state index in [-0.39, 0.29) is 24.5 Å². The van der Waals surface area contributed by atoms with Crippen molar-refractivity contribution in [3.63, 3.8) is 0 Å². The van der Waals surface area contributed by atoms with Crippen LogP contribution in [0.25, 0.3) is 11.2 Å². The number of hydrogen-bond donors (Lipinski definition) is 2. The zero-order valence-corrected chi connectivity index (χ0v) is 23.1. The van der Waals surface area contributed by atoms with Crippen molar-refractivity contribution in [2.75, 3.05) is 31.1 Å². The molecule has 1 unspecified atom stereocenters. The lowest BCUT2D eigenvalue weighted by molar-refractivity contribution is -0.138. The highest BCUT2D eigenvalue weighted by Gasteiger charge is 2.32. The summed E-state index contributed by atoms with van der Waals surface area (Å²) in [6.45, 7) is 4.12. The summed E-state index contributed by atoms with van der Waals surface area (Å²) in [5.74, 6) is -0.534. The zero-order valence-electron chi connectivity index (χ0n) is 22.2.